The van der Waals surface area contributed by atoms with Gasteiger partial charge < -0.3 is 13.7 Å². The fourth-order valence-electron chi connectivity index (χ4n) is 10.5. The van der Waals surface area contributed by atoms with Crippen LogP contribution in [-0.2, 0) is 10.1 Å². The Morgan fingerprint density at radius 3 is 1.59 bits per heavy atom. The van der Waals surface area contributed by atoms with E-state index in [0.29, 0.717) is 44.2 Å². The Morgan fingerprint density at radius 1 is 0.645 bits per heavy atom. The maximum Gasteiger partial charge on any atom is 0.327 e. The first kappa shape index (κ1) is 49.9. The van der Waals surface area contributed by atoms with Crippen LogP contribution in [0.15, 0.2) is 194 Å². The molecule has 0 aliphatic rings. The summed E-state index contributed by atoms with van der Waals surface area (Å²) in [4.78, 5) is 15.0. The third-order valence-corrected chi connectivity index (χ3v) is 16.5. The summed E-state index contributed by atoms with van der Waals surface area (Å²) in [5, 5.41) is 16.2. The van der Waals surface area contributed by atoms with E-state index >= 15 is 0 Å². The summed E-state index contributed by atoms with van der Waals surface area (Å²) in [6.45, 7) is 13.1. The van der Waals surface area contributed by atoms with Gasteiger partial charge in [0.05, 0.1) is 44.7 Å². The van der Waals surface area contributed by atoms with Crippen LogP contribution in [-0.4, -0.2) is 57.9 Å². The van der Waals surface area contributed by atoms with E-state index in [1.54, 1.807) is 0 Å². The van der Waals surface area contributed by atoms with E-state index in [-0.39, 0.29) is 24.7 Å². The molecule has 0 aliphatic heterocycles. The van der Waals surface area contributed by atoms with E-state index in [9.17, 15) is 24.8 Å². The largest absolute Gasteiger partial charge is 0.494 e. The average molecular weight is 1050 g/mol. The van der Waals surface area contributed by atoms with Gasteiger partial charge in [-0.15, -0.1) is 22.7 Å². The Bertz CT molecular complexity index is 4000. The third kappa shape index (κ3) is 9.66. The molecule has 370 valence electrons. The highest BCUT2D eigenvalue weighted by molar-refractivity contribution is 7.85. The molecule has 0 saturated carbocycles. The highest BCUT2D eigenvalue weighted by Gasteiger charge is 2.37. The maximum absolute atomic E-state index is 12.1. The van der Waals surface area contributed by atoms with Crippen molar-refractivity contribution in [1.29, 1.82) is 5.26 Å². The van der Waals surface area contributed by atoms with E-state index in [2.05, 4.69) is 107 Å². The van der Waals surface area contributed by atoms with Crippen molar-refractivity contribution in [3.05, 3.63) is 232 Å². The van der Waals surface area contributed by atoms with Crippen LogP contribution in [0.3, 0.4) is 0 Å². The van der Waals surface area contributed by atoms with Gasteiger partial charge in [0.15, 0.2) is 0 Å². The molecule has 0 radical (unpaired) electrons. The summed E-state index contributed by atoms with van der Waals surface area (Å²) in [6, 6.07) is 68.1. The molecule has 0 fully saturated rings. The lowest BCUT2D eigenvalue weighted by molar-refractivity contribution is 0.309. The highest BCUT2D eigenvalue weighted by atomic mass is 32.2. The Hall–Kier alpha value is -8.30. The molecule has 0 aliphatic carbocycles. The van der Waals surface area contributed by atoms with Crippen LogP contribution in [0.1, 0.15) is 48.3 Å². The fourth-order valence-corrected chi connectivity index (χ4v) is 12.9. The van der Waals surface area contributed by atoms with Crippen LogP contribution in [0.5, 0.6) is 5.75 Å². The zero-order valence-electron chi connectivity index (χ0n) is 41.6. The SMILES string of the molecule is [C-]#[N+]/C(c1nc2ccccc2s1)=c1\c2c(C(C)C)n(B(c3ccccc3)c3ccccc3)/c(=C(/C#N)c3nc4ccccc4s3)c2c(-c2ccc(OCCCCS(=O)(=O)O)cc2)n1B(c1ccccc1)c1ccccc1. The van der Waals surface area contributed by atoms with E-state index in [4.69, 9.17) is 14.7 Å². The van der Waals surface area contributed by atoms with Crippen molar-refractivity contribution in [1.82, 2.24) is 18.9 Å². The van der Waals surface area contributed by atoms with Gasteiger partial charge >= 0.3 is 13.7 Å². The molecule has 7 aromatic carbocycles. The number of hydrogen-bond donors (Lipinski definition) is 1. The van der Waals surface area contributed by atoms with Crippen LogP contribution in [0.4, 0.5) is 0 Å². The first-order chi connectivity index (χ1) is 37.1. The van der Waals surface area contributed by atoms with Crippen LogP contribution in [0, 0.1) is 17.9 Å². The summed E-state index contributed by atoms with van der Waals surface area (Å²) >= 11 is 2.97. The van der Waals surface area contributed by atoms with Crippen LogP contribution >= 0.6 is 22.7 Å². The number of aromatic nitrogens is 4. The van der Waals surface area contributed by atoms with Crippen molar-refractivity contribution >= 4 is 111 Å². The molecule has 0 spiro atoms. The minimum absolute atomic E-state index is 0.185. The Morgan fingerprint density at radius 2 is 1.12 bits per heavy atom. The lowest BCUT2D eigenvalue weighted by Crippen LogP contribution is -2.54. The molecule has 4 aromatic heterocycles. The van der Waals surface area contributed by atoms with Gasteiger partial charge in [-0.25, -0.2) is 14.8 Å². The first-order valence-electron chi connectivity index (χ1n) is 25.1. The van der Waals surface area contributed by atoms with E-state index in [1.165, 1.54) is 22.7 Å². The molecule has 0 bridgehead atoms. The van der Waals surface area contributed by atoms with Crippen molar-refractivity contribution in [2.24, 2.45) is 0 Å². The number of rotatable bonds is 16. The predicted molar refractivity (Wildman–Crippen MR) is 313 cm³/mol. The Balaban J connectivity index is 1.39. The smallest absolute Gasteiger partial charge is 0.327 e. The summed E-state index contributed by atoms with van der Waals surface area (Å²) in [7, 11) is -4.09. The topological polar surface area (TPSA) is 127 Å². The quantitative estimate of drug-likeness (QED) is 0.0442. The molecule has 0 atom stereocenters. The van der Waals surface area contributed by atoms with Crippen molar-refractivity contribution in [3.8, 4) is 23.1 Å². The minimum atomic E-state index is -4.09. The highest BCUT2D eigenvalue weighted by Crippen LogP contribution is 2.37. The van der Waals surface area contributed by atoms with Gasteiger partial charge in [0.25, 0.3) is 10.1 Å². The number of para-hydroxylation sites is 2. The lowest BCUT2D eigenvalue weighted by atomic mass is 9.50. The molecular weight excluding hydrogens is 999 g/mol. The molecule has 76 heavy (non-hydrogen) atoms. The fraction of sp³-hybridized carbons (Fsp3) is 0.115. The summed E-state index contributed by atoms with van der Waals surface area (Å²) in [5.41, 5.74) is 8.83. The van der Waals surface area contributed by atoms with Gasteiger partial charge in [-0.1, -0.05) is 181 Å². The molecular formula is C61H48B2N6O4S3. The molecule has 11 rings (SSSR count). The number of fused-ring (bicyclic) bond motifs is 3. The number of hydrogen-bond acceptors (Lipinski definition) is 8. The Labute approximate surface area is 449 Å². The molecule has 15 heteroatoms. The molecule has 0 unspecified atom stereocenters. The zero-order chi connectivity index (χ0) is 52.3. The van der Waals surface area contributed by atoms with E-state index in [1.807, 2.05) is 121 Å². The zero-order valence-corrected chi connectivity index (χ0v) is 44.1. The second-order valence-corrected chi connectivity index (χ2v) is 22.4. The lowest BCUT2D eigenvalue weighted by Gasteiger charge is -2.25. The van der Waals surface area contributed by atoms with E-state index in [0.717, 1.165) is 70.0 Å². The summed E-state index contributed by atoms with van der Waals surface area (Å²) < 4.78 is 45.1. The number of benzene rings is 7. The first-order valence-corrected chi connectivity index (χ1v) is 28.3. The van der Waals surface area contributed by atoms with Gasteiger partial charge in [-0.2, -0.15) is 13.7 Å². The average Bonchev–Trinajstić information content (AvgIpc) is 4.37. The normalized spacial score (nSPS) is 12.4. The number of ether oxygens (including phenoxy) is 1. The molecule has 10 nitrogen and oxygen atoms in total. The van der Waals surface area contributed by atoms with Crippen molar-refractivity contribution in [2.75, 3.05) is 12.4 Å². The molecule has 4 heterocycles. The number of nitrogens with zero attached hydrogens (tertiary/aromatic N) is 6. The van der Waals surface area contributed by atoms with Gasteiger partial charge in [0, 0.05) is 27.5 Å². The van der Waals surface area contributed by atoms with Crippen molar-refractivity contribution < 1.29 is 17.7 Å². The Kier molecular flexibility index (Phi) is 14.1. The van der Waals surface area contributed by atoms with Crippen LogP contribution in [0.25, 0.3) is 58.6 Å². The summed E-state index contributed by atoms with van der Waals surface area (Å²) in [5.74, 6) is 0.0436. The van der Waals surface area contributed by atoms with Crippen molar-refractivity contribution in [2.45, 2.75) is 32.6 Å². The van der Waals surface area contributed by atoms with Crippen LogP contribution in [0.2, 0.25) is 0 Å². The number of nitriles is 1. The number of unbranched alkanes of at least 4 members (excludes halogenated alkanes) is 1. The van der Waals surface area contributed by atoms with Gasteiger partial charge in [0.2, 0.25) is 5.70 Å². The number of thiazole rings is 2. The molecule has 11 aromatic rings. The third-order valence-electron chi connectivity index (χ3n) is 13.6. The van der Waals surface area contributed by atoms with Crippen molar-refractivity contribution in [3.63, 3.8) is 0 Å². The molecule has 0 saturated heterocycles. The second kappa shape index (κ2) is 21.5. The predicted octanol–water partition coefficient (Wildman–Crippen LogP) is 9.61. The second-order valence-electron chi connectivity index (χ2n) is 18.8. The van der Waals surface area contributed by atoms with Gasteiger partial charge in [-0.05, 0) is 72.9 Å². The van der Waals surface area contributed by atoms with E-state index < -0.39 is 23.8 Å². The van der Waals surface area contributed by atoms with Gasteiger partial charge in [0.1, 0.15) is 27.4 Å². The molecule has 1 N–H and O–H groups in total. The molecule has 0 amide bonds. The maximum atomic E-state index is 12.1. The standard InChI is InChI=1S/C61H48B2N6O4S3/c1-41(2)56-53-54(58(48(40-64)60-66-49-30-16-18-32-51(49)74-60)68(56)62(43-22-8-4-9-23-43)44-24-10-5-11-25-44)57(42-34-36-47(37-35-42)73-38-20-21-39-76(70,71)72)69(63(45-26-12-6-13-27-45)46-28-14-7-15-29-46)59(53)55(65-3)61-67-50-31-17-19-33-52(50)75-61/h4-19,22-37,41H,20-21,38-39H2,1-2H3,(H,70,71,72)/b58-48-,59-55+. The summed E-state index contributed by atoms with van der Waals surface area (Å²) in [6.07, 6.45) is 0.667. The van der Waals surface area contributed by atoms with Crippen LogP contribution < -0.4 is 37.3 Å². The van der Waals surface area contributed by atoms with Gasteiger partial charge in [-0.3, -0.25) is 4.55 Å². The monoisotopic (exact) mass is 1050 g/mol. The minimum Gasteiger partial charge on any atom is -0.494 e.